The van der Waals surface area contributed by atoms with E-state index in [4.69, 9.17) is 5.84 Å². The summed E-state index contributed by atoms with van der Waals surface area (Å²) in [6.07, 6.45) is 1.69. The van der Waals surface area contributed by atoms with Crippen LogP contribution in [-0.2, 0) is 0 Å². The molecule has 0 amide bonds. The molecule has 0 saturated carbocycles. The molecule has 5 heteroatoms. The lowest BCUT2D eigenvalue weighted by Crippen LogP contribution is -2.20. The minimum absolute atomic E-state index is 0.416. The summed E-state index contributed by atoms with van der Waals surface area (Å²) < 4.78 is 0. The average molecular weight is 243 g/mol. The molecule has 1 aromatic heterocycles. The summed E-state index contributed by atoms with van der Waals surface area (Å²) in [5.74, 6) is 6.58. The van der Waals surface area contributed by atoms with Crippen LogP contribution in [0.5, 0.6) is 0 Å². The normalized spacial score (nSPS) is 10.2. The number of anilines is 3. The molecule has 0 saturated heterocycles. The second kappa shape index (κ2) is 5.46. The summed E-state index contributed by atoms with van der Waals surface area (Å²) in [5.41, 5.74) is 4.81. The Morgan fingerprint density at radius 1 is 1.28 bits per heavy atom. The molecule has 0 bridgehead atoms. The van der Waals surface area contributed by atoms with Crippen molar-refractivity contribution in [3.8, 4) is 0 Å². The summed E-state index contributed by atoms with van der Waals surface area (Å²) in [6.45, 7) is 5.00. The highest BCUT2D eigenvalue weighted by Gasteiger charge is 2.11. The van der Waals surface area contributed by atoms with Gasteiger partial charge in [-0.1, -0.05) is 18.2 Å². The van der Waals surface area contributed by atoms with Crippen molar-refractivity contribution in [1.82, 2.24) is 9.97 Å². The van der Waals surface area contributed by atoms with Crippen LogP contribution in [0.4, 0.5) is 17.5 Å². The fourth-order valence-electron chi connectivity index (χ4n) is 1.89. The summed E-state index contributed by atoms with van der Waals surface area (Å²) >= 11 is 0. The molecule has 1 heterocycles. The monoisotopic (exact) mass is 243 g/mol. The van der Waals surface area contributed by atoms with Crippen molar-refractivity contribution in [2.75, 3.05) is 16.9 Å². The zero-order valence-corrected chi connectivity index (χ0v) is 10.6. The van der Waals surface area contributed by atoms with Gasteiger partial charge in [0, 0.05) is 18.4 Å². The summed E-state index contributed by atoms with van der Waals surface area (Å²) in [6, 6.07) is 10.1. The molecule has 0 aliphatic rings. The summed E-state index contributed by atoms with van der Waals surface area (Å²) in [4.78, 5) is 10.5. The van der Waals surface area contributed by atoms with E-state index >= 15 is 0 Å². The lowest BCUT2D eigenvalue weighted by molar-refractivity contribution is 0.968. The molecule has 0 aliphatic carbocycles. The largest absolute Gasteiger partial charge is 0.326 e. The van der Waals surface area contributed by atoms with Crippen molar-refractivity contribution in [1.29, 1.82) is 0 Å². The van der Waals surface area contributed by atoms with Gasteiger partial charge in [0.15, 0.2) is 0 Å². The summed E-state index contributed by atoms with van der Waals surface area (Å²) in [5, 5.41) is 0. The molecule has 0 unspecified atom stereocenters. The van der Waals surface area contributed by atoms with Crippen molar-refractivity contribution in [3.63, 3.8) is 0 Å². The fraction of sp³-hybridized carbons (Fsp3) is 0.231. The second-order valence-corrected chi connectivity index (χ2v) is 3.91. The fourth-order valence-corrected chi connectivity index (χ4v) is 1.89. The smallest absolute Gasteiger partial charge is 0.239 e. The molecular weight excluding hydrogens is 226 g/mol. The minimum atomic E-state index is 0.416. The number of para-hydroxylation sites is 1. The molecular formula is C13H17N5. The van der Waals surface area contributed by atoms with Gasteiger partial charge in [0.1, 0.15) is 5.82 Å². The first-order valence-electron chi connectivity index (χ1n) is 5.89. The lowest BCUT2D eigenvalue weighted by atomic mass is 10.2. The number of hydrogen-bond acceptors (Lipinski definition) is 5. The van der Waals surface area contributed by atoms with Gasteiger partial charge in [0.2, 0.25) is 5.95 Å². The number of nitrogen functional groups attached to an aromatic ring is 1. The third-order valence-corrected chi connectivity index (χ3v) is 2.77. The molecule has 0 spiro atoms. The Kier molecular flexibility index (Phi) is 3.74. The van der Waals surface area contributed by atoms with Crippen molar-refractivity contribution in [2.24, 2.45) is 5.84 Å². The molecule has 0 radical (unpaired) electrons. The molecule has 1 aromatic carbocycles. The molecule has 0 atom stereocenters. The van der Waals surface area contributed by atoms with E-state index in [1.54, 1.807) is 6.20 Å². The number of aromatic nitrogens is 2. The molecule has 0 aliphatic heterocycles. The lowest BCUT2D eigenvalue weighted by Gasteiger charge is -2.24. The van der Waals surface area contributed by atoms with E-state index in [1.807, 2.05) is 18.2 Å². The number of nitrogens with two attached hydrogens (primary N) is 1. The van der Waals surface area contributed by atoms with Gasteiger partial charge in [0.25, 0.3) is 0 Å². The van der Waals surface area contributed by atoms with Gasteiger partial charge >= 0.3 is 0 Å². The third-order valence-electron chi connectivity index (χ3n) is 2.77. The van der Waals surface area contributed by atoms with Crippen LogP contribution in [0.25, 0.3) is 0 Å². The Morgan fingerprint density at radius 2 is 2.06 bits per heavy atom. The van der Waals surface area contributed by atoms with E-state index in [-0.39, 0.29) is 0 Å². The van der Waals surface area contributed by atoms with Crippen LogP contribution >= 0.6 is 0 Å². The van der Waals surface area contributed by atoms with Crippen LogP contribution in [0.1, 0.15) is 12.5 Å². The van der Waals surface area contributed by atoms with E-state index in [2.05, 4.69) is 46.3 Å². The Labute approximate surface area is 107 Å². The molecule has 3 N–H and O–H groups in total. The maximum atomic E-state index is 5.34. The van der Waals surface area contributed by atoms with Crippen LogP contribution < -0.4 is 16.2 Å². The third kappa shape index (κ3) is 2.41. The highest BCUT2D eigenvalue weighted by Crippen LogP contribution is 2.26. The number of hydrogen-bond donors (Lipinski definition) is 2. The average Bonchev–Trinajstić information content (AvgIpc) is 2.42. The molecule has 5 nitrogen and oxygen atoms in total. The predicted octanol–water partition coefficient (Wildman–Crippen LogP) is 2.23. The molecule has 2 aromatic rings. The maximum absolute atomic E-state index is 5.34. The number of nitrogens with zero attached hydrogens (tertiary/aromatic N) is 3. The van der Waals surface area contributed by atoms with Crippen molar-refractivity contribution in [2.45, 2.75) is 13.8 Å². The van der Waals surface area contributed by atoms with E-state index in [0.29, 0.717) is 5.95 Å². The Hall–Kier alpha value is -2.14. The first-order valence-corrected chi connectivity index (χ1v) is 5.89. The predicted molar refractivity (Wildman–Crippen MR) is 73.7 cm³/mol. The van der Waals surface area contributed by atoms with Crippen LogP contribution in [-0.4, -0.2) is 16.5 Å². The van der Waals surface area contributed by atoms with E-state index in [9.17, 15) is 0 Å². The van der Waals surface area contributed by atoms with Gasteiger partial charge in [0.05, 0.1) is 0 Å². The van der Waals surface area contributed by atoms with Gasteiger partial charge in [-0.15, -0.1) is 0 Å². The Bertz CT molecular complexity index is 526. The first kappa shape index (κ1) is 12.3. The highest BCUT2D eigenvalue weighted by atomic mass is 15.3. The van der Waals surface area contributed by atoms with Crippen LogP contribution in [0.15, 0.2) is 36.5 Å². The standard InChI is InChI=1S/C13H17N5/c1-3-18(11-7-5-4-6-10(11)2)12-8-9-15-13(16-12)17-14/h4-9H,3,14H2,1-2H3,(H,15,16,17). The van der Waals surface area contributed by atoms with Crippen LogP contribution in [0.3, 0.4) is 0 Å². The van der Waals surface area contributed by atoms with E-state index in [1.165, 1.54) is 5.56 Å². The highest BCUT2D eigenvalue weighted by molar-refractivity contribution is 5.63. The Morgan fingerprint density at radius 3 is 2.72 bits per heavy atom. The molecule has 94 valence electrons. The number of benzene rings is 1. The van der Waals surface area contributed by atoms with Gasteiger partial charge in [-0.25, -0.2) is 10.8 Å². The second-order valence-electron chi connectivity index (χ2n) is 3.91. The van der Waals surface area contributed by atoms with Gasteiger partial charge in [-0.05, 0) is 31.5 Å². The van der Waals surface area contributed by atoms with Crippen LogP contribution in [0.2, 0.25) is 0 Å². The zero-order chi connectivity index (χ0) is 13.0. The SMILES string of the molecule is CCN(c1ccnc(NN)n1)c1ccccc1C. The number of rotatable bonds is 4. The minimum Gasteiger partial charge on any atom is -0.326 e. The van der Waals surface area contributed by atoms with Gasteiger partial charge < -0.3 is 4.90 Å². The van der Waals surface area contributed by atoms with Crippen molar-refractivity contribution in [3.05, 3.63) is 42.1 Å². The number of aryl methyl sites for hydroxylation is 1. The van der Waals surface area contributed by atoms with Gasteiger partial charge in [-0.2, -0.15) is 4.98 Å². The topological polar surface area (TPSA) is 67.1 Å². The van der Waals surface area contributed by atoms with Gasteiger partial charge in [-0.3, -0.25) is 5.43 Å². The first-order chi connectivity index (χ1) is 8.76. The summed E-state index contributed by atoms with van der Waals surface area (Å²) in [7, 11) is 0. The molecule has 2 rings (SSSR count). The van der Waals surface area contributed by atoms with Crippen molar-refractivity contribution >= 4 is 17.5 Å². The van der Waals surface area contributed by atoms with E-state index < -0.39 is 0 Å². The van der Waals surface area contributed by atoms with Crippen molar-refractivity contribution < 1.29 is 0 Å². The molecule has 0 fully saturated rings. The molecule has 18 heavy (non-hydrogen) atoms. The van der Waals surface area contributed by atoms with E-state index in [0.717, 1.165) is 18.1 Å². The number of hydrazine groups is 1. The maximum Gasteiger partial charge on any atom is 0.239 e. The zero-order valence-electron chi connectivity index (χ0n) is 10.6. The Balaban J connectivity index is 2.42. The van der Waals surface area contributed by atoms with Crippen LogP contribution in [0, 0.1) is 6.92 Å². The number of nitrogens with one attached hydrogen (secondary N) is 1. The quantitative estimate of drug-likeness (QED) is 0.636.